The van der Waals surface area contributed by atoms with Gasteiger partial charge in [0.15, 0.2) is 0 Å². The van der Waals surface area contributed by atoms with Gasteiger partial charge in [-0.05, 0) is 25.1 Å². The zero-order chi connectivity index (χ0) is 13.9. The molecule has 0 bridgehead atoms. The third-order valence-electron chi connectivity index (χ3n) is 2.88. The van der Waals surface area contributed by atoms with Crippen LogP contribution in [0.1, 0.15) is 17.3 Å². The Kier molecular flexibility index (Phi) is 3.12. The summed E-state index contributed by atoms with van der Waals surface area (Å²) in [6.45, 7) is 2.48. The molecule has 3 rings (SSSR count). The van der Waals surface area contributed by atoms with Crippen LogP contribution in [0.15, 0.2) is 30.9 Å². The van der Waals surface area contributed by atoms with Gasteiger partial charge in [0.1, 0.15) is 23.7 Å². The highest BCUT2D eigenvalue weighted by atomic mass is 16.1. The highest BCUT2D eigenvalue weighted by Gasteiger charge is 2.11. The zero-order valence-electron chi connectivity index (χ0n) is 10.8. The number of H-pyrrole nitrogens is 1. The topological polar surface area (TPSA) is 101 Å². The van der Waals surface area contributed by atoms with Gasteiger partial charge < -0.3 is 5.32 Å². The Hall–Kier alpha value is -2.77. The minimum atomic E-state index is -0.150. The fraction of sp³-hybridized carbons (Fsp3) is 0.250. The summed E-state index contributed by atoms with van der Waals surface area (Å²) in [4.78, 5) is 16.0. The lowest BCUT2D eigenvalue weighted by Gasteiger charge is -2.13. The SMILES string of the molecule is C[C@@H](Cn1cncn1)NC(=O)c1ccc2n[nH]nc2c1. The summed E-state index contributed by atoms with van der Waals surface area (Å²) < 4.78 is 1.67. The van der Waals surface area contributed by atoms with E-state index in [0.29, 0.717) is 17.6 Å². The van der Waals surface area contributed by atoms with Crippen LogP contribution in [-0.4, -0.2) is 42.1 Å². The van der Waals surface area contributed by atoms with Gasteiger partial charge in [0, 0.05) is 11.6 Å². The smallest absolute Gasteiger partial charge is 0.251 e. The molecule has 0 unspecified atom stereocenters. The highest BCUT2D eigenvalue weighted by molar-refractivity contribution is 5.97. The minimum absolute atomic E-state index is 0.0581. The number of nitrogens with one attached hydrogen (secondary N) is 2. The number of aromatic nitrogens is 6. The van der Waals surface area contributed by atoms with E-state index in [1.807, 2.05) is 6.92 Å². The molecular formula is C12H13N7O. The maximum absolute atomic E-state index is 12.1. The quantitative estimate of drug-likeness (QED) is 0.713. The van der Waals surface area contributed by atoms with Crippen molar-refractivity contribution in [1.29, 1.82) is 0 Å². The first-order valence-corrected chi connectivity index (χ1v) is 6.16. The van der Waals surface area contributed by atoms with E-state index >= 15 is 0 Å². The molecule has 0 radical (unpaired) electrons. The molecular weight excluding hydrogens is 258 g/mol. The van der Waals surface area contributed by atoms with E-state index in [9.17, 15) is 4.79 Å². The van der Waals surface area contributed by atoms with Crippen LogP contribution in [0.25, 0.3) is 11.0 Å². The molecule has 8 heteroatoms. The summed E-state index contributed by atoms with van der Waals surface area (Å²) in [5.74, 6) is -0.150. The van der Waals surface area contributed by atoms with Crippen LogP contribution in [0.3, 0.4) is 0 Å². The van der Waals surface area contributed by atoms with E-state index in [1.54, 1.807) is 29.2 Å². The van der Waals surface area contributed by atoms with Crippen LogP contribution in [0, 0.1) is 0 Å². The molecule has 0 aliphatic heterocycles. The predicted octanol–water partition coefficient (Wildman–Crippen LogP) is 0.368. The fourth-order valence-corrected chi connectivity index (χ4v) is 1.94. The summed E-state index contributed by atoms with van der Waals surface area (Å²) in [6.07, 6.45) is 3.08. The van der Waals surface area contributed by atoms with Gasteiger partial charge >= 0.3 is 0 Å². The van der Waals surface area contributed by atoms with E-state index < -0.39 is 0 Å². The van der Waals surface area contributed by atoms with Crippen LogP contribution >= 0.6 is 0 Å². The minimum Gasteiger partial charge on any atom is -0.348 e. The van der Waals surface area contributed by atoms with E-state index in [4.69, 9.17) is 0 Å². The summed E-state index contributed by atoms with van der Waals surface area (Å²) >= 11 is 0. The maximum Gasteiger partial charge on any atom is 0.251 e. The molecule has 1 atom stereocenters. The Bertz CT molecular complexity index is 718. The fourth-order valence-electron chi connectivity index (χ4n) is 1.94. The monoisotopic (exact) mass is 271 g/mol. The molecule has 1 amide bonds. The van der Waals surface area contributed by atoms with Gasteiger partial charge in [0.25, 0.3) is 5.91 Å². The first-order valence-electron chi connectivity index (χ1n) is 6.16. The van der Waals surface area contributed by atoms with Crippen LogP contribution < -0.4 is 5.32 Å². The molecule has 102 valence electrons. The summed E-state index contributed by atoms with van der Waals surface area (Å²) in [6, 6.07) is 5.13. The van der Waals surface area contributed by atoms with Crippen molar-refractivity contribution in [2.75, 3.05) is 0 Å². The Morgan fingerprint density at radius 3 is 3.05 bits per heavy atom. The van der Waals surface area contributed by atoms with Crippen LogP contribution in [0.4, 0.5) is 0 Å². The zero-order valence-corrected chi connectivity index (χ0v) is 10.8. The normalized spacial score (nSPS) is 12.4. The van der Waals surface area contributed by atoms with Crippen molar-refractivity contribution in [3.05, 3.63) is 36.4 Å². The first kappa shape index (κ1) is 12.3. The lowest BCUT2D eigenvalue weighted by molar-refractivity contribution is 0.0936. The van der Waals surface area contributed by atoms with E-state index in [-0.39, 0.29) is 11.9 Å². The van der Waals surface area contributed by atoms with Crippen LogP contribution in [0.2, 0.25) is 0 Å². The van der Waals surface area contributed by atoms with Crippen molar-refractivity contribution >= 4 is 16.9 Å². The summed E-state index contributed by atoms with van der Waals surface area (Å²) in [7, 11) is 0. The number of aromatic amines is 1. The number of rotatable bonds is 4. The lowest BCUT2D eigenvalue weighted by atomic mass is 10.1. The lowest BCUT2D eigenvalue weighted by Crippen LogP contribution is -2.35. The van der Waals surface area contributed by atoms with Gasteiger partial charge in [-0.1, -0.05) is 0 Å². The van der Waals surface area contributed by atoms with Crippen molar-refractivity contribution in [1.82, 2.24) is 35.5 Å². The molecule has 0 aliphatic carbocycles. The van der Waals surface area contributed by atoms with E-state index in [0.717, 1.165) is 5.52 Å². The number of hydrogen-bond acceptors (Lipinski definition) is 5. The molecule has 0 fully saturated rings. The van der Waals surface area contributed by atoms with Crippen LogP contribution in [-0.2, 0) is 6.54 Å². The number of amides is 1. The van der Waals surface area contributed by atoms with E-state index in [2.05, 4.69) is 30.8 Å². The Labute approximate surface area is 114 Å². The molecule has 2 aromatic heterocycles. The van der Waals surface area contributed by atoms with Crippen molar-refractivity contribution in [3.8, 4) is 0 Å². The van der Waals surface area contributed by atoms with Gasteiger partial charge in [-0.3, -0.25) is 9.48 Å². The number of fused-ring (bicyclic) bond motifs is 1. The molecule has 0 saturated carbocycles. The summed E-state index contributed by atoms with van der Waals surface area (Å²) in [5.41, 5.74) is 1.95. The number of carbonyl (C=O) groups excluding carboxylic acids is 1. The molecule has 2 N–H and O–H groups in total. The number of hydrogen-bond donors (Lipinski definition) is 2. The molecule has 3 aromatic rings. The van der Waals surface area contributed by atoms with Crippen molar-refractivity contribution in [2.24, 2.45) is 0 Å². The maximum atomic E-state index is 12.1. The Morgan fingerprint density at radius 1 is 1.40 bits per heavy atom. The number of carbonyl (C=O) groups is 1. The largest absolute Gasteiger partial charge is 0.348 e. The molecule has 1 aromatic carbocycles. The third-order valence-corrected chi connectivity index (χ3v) is 2.88. The van der Waals surface area contributed by atoms with Gasteiger partial charge in [0.05, 0.1) is 6.54 Å². The first-order chi connectivity index (χ1) is 9.72. The van der Waals surface area contributed by atoms with Gasteiger partial charge in [-0.15, -0.1) is 0 Å². The van der Waals surface area contributed by atoms with Crippen molar-refractivity contribution in [3.63, 3.8) is 0 Å². The summed E-state index contributed by atoms with van der Waals surface area (Å²) in [5, 5.41) is 17.3. The Balaban J connectivity index is 1.68. The third kappa shape index (κ3) is 2.48. The Morgan fingerprint density at radius 2 is 2.25 bits per heavy atom. The van der Waals surface area contributed by atoms with Gasteiger partial charge in [-0.2, -0.15) is 20.5 Å². The van der Waals surface area contributed by atoms with Gasteiger partial charge in [-0.25, -0.2) is 4.98 Å². The van der Waals surface area contributed by atoms with Crippen LogP contribution in [0.5, 0.6) is 0 Å². The molecule has 0 saturated heterocycles. The molecule has 8 nitrogen and oxygen atoms in total. The highest BCUT2D eigenvalue weighted by Crippen LogP contribution is 2.10. The number of nitrogens with zero attached hydrogens (tertiary/aromatic N) is 5. The van der Waals surface area contributed by atoms with Gasteiger partial charge in [0.2, 0.25) is 0 Å². The average Bonchev–Trinajstić information content (AvgIpc) is 3.07. The molecule has 2 heterocycles. The van der Waals surface area contributed by atoms with Crippen molar-refractivity contribution in [2.45, 2.75) is 19.5 Å². The second-order valence-electron chi connectivity index (χ2n) is 4.52. The molecule has 0 spiro atoms. The van der Waals surface area contributed by atoms with Crippen molar-refractivity contribution < 1.29 is 4.79 Å². The molecule has 20 heavy (non-hydrogen) atoms. The average molecular weight is 271 g/mol. The second kappa shape index (κ2) is 5.08. The number of benzene rings is 1. The second-order valence-corrected chi connectivity index (χ2v) is 4.52. The molecule has 0 aliphatic rings. The standard InChI is InChI=1S/C12H13N7O/c1-8(5-19-7-13-6-14-19)15-12(20)9-2-3-10-11(4-9)17-18-16-10/h2-4,6-8H,5H2,1H3,(H,15,20)(H,16,17,18)/t8-/m0/s1. The van der Waals surface area contributed by atoms with E-state index in [1.165, 1.54) is 6.33 Å². The predicted molar refractivity (Wildman–Crippen MR) is 70.8 cm³/mol.